The fourth-order valence-electron chi connectivity index (χ4n) is 3.67. The highest BCUT2D eigenvalue weighted by Crippen LogP contribution is 2.16. The third-order valence-corrected chi connectivity index (χ3v) is 6.00. The number of carbonyl (C=O) groups is 2. The molecule has 12 heteroatoms. The molecule has 1 fully saturated rings. The van der Waals surface area contributed by atoms with Crippen LogP contribution in [-0.2, 0) is 16.1 Å². The predicted octanol–water partition coefficient (Wildman–Crippen LogP) is 0.704. The highest BCUT2D eigenvalue weighted by atomic mass is 32.1. The third kappa shape index (κ3) is 5.05. The lowest BCUT2D eigenvalue weighted by atomic mass is 10.1. The lowest BCUT2D eigenvalue weighted by Gasteiger charge is -2.37. The molecule has 0 radical (unpaired) electrons. The summed E-state index contributed by atoms with van der Waals surface area (Å²) < 4.78 is 6.50. The summed E-state index contributed by atoms with van der Waals surface area (Å²) in [5, 5.41) is 13.1. The smallest absolute Gasteiger partial charge is 0.341 e. The summed E-state index contributed by atoms with van der Waals surface area (Å²) in [7, 11) is 1.35. The van der Waals surface area contributed by atoms with E-state index in [4.69, 9.17) is 17.0 Å². The number of carboxylic acids is 1. The van der Waals surface area contributed by atoms with E-state index in [0.29, 0.717) is 49.4 Å². The molecule has 2 aromatic heterocycles. The predicted molar refractivity (Wildman–Crippen MR) is 127 cm³/mol. The van der Waals surface area contributed by atoms with Gasteiger partial charge in [-0.15, -0.1) is 0 Å². The number of rotatable bonds is 6. The Hall–Kier alpha value is -3.28. The standard InChI is InChI=1S/C21H28N6O5S/c1-5-25-11-14(18(29)30)16(28)13-10-22-20(24-17(13)25)26-6-8-27(9-7-26)21(33)23-15(12(2)3)19(31)32-4/h10-12,15H,5-9H2,1-4H3,(H,23,33)(H,29,30)/t15-/m1/s1. The van der Waals surface area contributed by atoms with Gasteiger partial charge in [-0.3, -0.25) is 4.79 Å². The normalized spacial score (nSPS) is 14.9. The molecular formula is C21H28N6O5S. The second-order valence-electron chi connectivity index (χ2n) is 8.04. The van der Waals surface area contributed by atoms with Crippen molar-refractivity contribution in [3.8, 4) is 0 Å². The Labute approximate surface area is 196 Å². The summed E-state index contributed by atoms with van der Waals surface area (Å²) in [6.45, 7) is 8.50. The van der Waals surface area contributed by atoms with Crippen LogP contribution in [0.3, 0.4) is 0 Å². The Balaban J connectivity index is 1.75. The van der Waals surface area contributed by atoms with Crippen molar-refractivity contribution in [3.63, 3.8) is 0 Å². The van der Waals surface area contributed by atoms with E-state index in [2.05, 4.69) is 15.3 Å². The lowest BCUT2D eigenvalue weighted by Crippen LogP contribution is -2.56. The molecule has 2 aromatic rings. The minimum absolute atomic E-state index is 0.0144. The van der Waals surface area contributed by atoms with E-state index in [1.54, 1.807) is 4.57 Å². The molecule has 1 atom stereocenters. The molecule has 1 aliphatic heterocycles. The zero-order valence-corrected chi connectivity index (χ0v) is 19.9. The van der Waals surface area contributed by atoms with Gasteiger partial charge in [-0.25, -0.2) is 14.6 Å². The van der Waals surface area contributed by atoms with Gasteiger partial charge >= 0.3 is 11.9 Å². The third-order valence-electron chi connectivity index (χ3n) is 5.62. The van der Waals surface area contributed by atoms with Crippen LogP contribution in [0.15, 0.2) is 17.2 Å². The van der Waals surface area contributed by atoms with Crippen LogP contribution in [0, 0.1) is 5.92 Å². The first-order valence-electron chi connectivity index (χ1n) is 10.7. The van der Waals surface area contributed by atoms with E-state index in [0.717, 1.165) is 0 Å². The van der Waals surface area contributed by atoms with Gasteiger partial charge in [0.15, 0.2) is 5.11 Å². The van der Waals surface area contributed by atoms with E-state index >= 15 is 0 Å². The number of piperazine rings is 1. The number of fused-ring (bicyclic) bond motifs is 1. The maximum Gasteiger partial charge on any atom is 0.341 e. The molecule has 11 nitrogen and oxygen atoms in total. The summed E-state index contributed by atoms with van der Waals surface area (Å²) in [5.41, 5.74) is -0.503. The zero-order valence-electron chi connectivity index (χ0n) is 19.1. The molecule has 0 amide bonds. The quantitative estimate of drug-likeness (QED) is 0.451. The number of aryl methyl sites for hydroxylation is 1. The first-order chi connectivity index (χ1) is 15.7. The average molecular weight is 477 g/mol. The van der Waals surface area contributed by atoms with Crippen LogP contribution >= 0.6 is 12.2 Å². The number of methoxy groups -OCH3 is 1. The van der Waals surface area contributed by atoms with Crippen LogP contribution in [-0.4, -0.2) is 80.9 Å². The van der Waals surface area contributed by atoms with E-state index in [1.807, 2.05) is 30.6 Å². The number of aromatic carboxylic acids is 1. The summed E-state index contributed by atoms with van der Waals surface area (Å²) >= 11 is 5.51. The van der Waals surface area contributed by atoms with Gasteiger partial charge in [0.25, 0.3) is 0 Å². The molecule has 33 heavy (non-hydrogen) atoms. The number of carboxylic acid groups (broad SMARTS) is 1. The van der Waals surface area contributed by atoms with E-state index < -0.39 is 17.4 Å². The van der Waals surface area contributed by atoms with Crippen molar-refractivity contribution < 1.29 is 19.4 Å². The topological polar surface area (TPSA) is 130 Å². The minimum Gasteiger partial charge on any atom is -0.477 e. The Morgan fingerprint density at radius 1 is 1.27 bits per heavy atom. The van der Waals surface area contributed by atoms with E-state index in [1.165, 1.54) is 19.5 Å². The van der Waals surface area contributed by atoms with Gasteiger partial charge in [0.2, 0.25) is 11.4 Å². The molecule has 0 saturated carbocycles. The average Bonchev–Trinajstić information content (AvgIpc) is 2.81. The minimum atomic E-state index is -1.28. The van der Waals surface area contributed by atoms with Crippen LogP contribution in [0.1, 0.15) is 31.1 Å². The van der Waals surface area contributed by atoms with Crippen LogP contribution < -0.4 is 15.6 Å². The van der Waals surface area contributed by atoms with Gasteiger partial charge < -0.3 is 29.5 Å². The largest absolute Gasteiger partial charge is 0.477 e. The molecule has 1 aliphatic rings. The Morgan fingerprint density at radius 3 is 2.48 bits per heavy atom. The van der Waals surface area contributed by atoms with Gasteiger partial charge in [0.1, 0.15) is 17.3 Å². The van der Waals surface area contributed by atoms with E-state index in [9.17, 15) is 19.5 Å². The molecule has 0 bridgehead atoms. The molecule has 0 spiro atoms. The van der Waals surface area contributed by atoms with Crippen molar-refractivity contribution in [2.24, 2.45) is 5.92 Å². The van der Waals surface area contributed by atoms with Crippen molar-refractivity contribution >= 4 is 46.3 Å². The van der Waals surface area contributed by atoms with Crippen molar-refractivity contribution in [1.82, 2.24) is 24.8 Å². The van der Waals surface area contributed by atoms with Crippen molar-refractivity contribution in [2.75, 3.05) is 38.2 Å². The number of thiocarbonyl (C=S) groups is 1. The monoisotopic (exact) mass is 476 g/mol. The Bertz CT molecular complexity index is 1130. The van der Waals surface area contributed by atoms with Crippen LogP contribution in [0.5, 0.6) is 0 Å². The number of anilines is 1. The number of ether oxygens (including phenoxy) is 1. The fraction of sp³-hybridized carbons (Fsp3) is 0.524. The second-order valence-corrected chi connectivity index (χ2v) is 8.43. The molecule has 0 unspecified atom stereocenters. The number of pyridine rings is 1. The van der Waals surface area contributed by atoms with Crippen molar-refractivity contribution in [2.45, 2.75) is 33.4 Å². The number of aromatic nitrogens is 3. The molecule has 2 N–H and O–H groups in total. The number of esters is 1. The van der Waals surface area contributed by atoms with Crippen LogP contribution in [0.2, 0.25) is 0 Å². The molecule has 3 rings (SSSR count). The van der Waals surface area contributed by atoms with Gasteiger partial charge in [-0.2, -0.15) is 4.98 Å². The maximum absolute atomic E-state index is 12.5. The van der Waals surface area contributed by atoms with Gasteiger partial charge in [-0.1, -0.05) is 13.8 Å². The number of hydrogen-bond donors (Lipinski definition) is 2. The second kappa shape index (κ2) is 10.1. The number of nitrogens with zero attached hydrogens (tertiary/aromatic N) is 5. The number of nitrogens with one attached hydrogen (secondary N) is 1. The number of carbonyl (C=O) groups excluding carboxylic acids is 1. The summed E-state index contributed by atoms with van der Waals surface area (Å²) in [6, 6.07) is -0.522. The first kappa shape index (κ1) is 24.4. The fourth-order valence-corrected chi connectivity index (χ4v) is 3.98. The molecule has 0 aromatic carbocycles. The molecular weight excluding hydrogens is 448 g/mol. The summed E-state index contributed by atoms with van der Waals surface area (Å²) in [6.07, 6.45) is 2.71. The van der Waals surface area contributed by atoms with Gasteiger partial charge in [-0.05, 0) is 25.1 Å². The van der Waals surface area contributed by atoms with Gasteiger partial charge in [0.05, 0.1) is 12.5 Å². The lowest BCUT2D eigenvalue weighted by molar-refractivity contribution is -0.143. The Morgan fingerprint density at radius 2 is 1.94 bits per heavy atom. The first-order valence-corrected chi connectivity index (χ1v) is 11.1. The molecule has 3 heterocycles. The maximum atomic E-state index is 12.5. The van der Waals surface area contributed by atoms with E-state index in [-0.39, 0.29) is 22.8 Å². The van der Waals surface area contributed by atoms with Gasteiger partial charge in [0, 0.05) is 45.1 Å². The highest BCUT2D eigenvalue weighted by Gasteiger charge is 2.27. The molecule has 1 saturated heterocycles. The summed E-state index contributed by atoms with van der Waals surface area (Å²) in [5.74, 6) is -1.16. The Kier molecular flexibility index (Phi) is 7.46. The SMILES string of the molecule is CCn1cc(C(=O)O)c(=O)c2cnc(N3CCN(C(=S)N[C@@H](C(=O)OC)C(C)C)CC3)nc21. The van der Waals surface area contributed by atoms with Crippen LogP contribution in [0.25, 0.3) is 11.0 Å². The van der Waals surface area contributed by atoms with Crippen molar-refractivity contribution in [3.05, 3.63) is 28.2 Å². The van der Waals surface area contributed by atoms with Crippen LogP contribution in [0.4, 0.5) is 5.95 Å². The summed E-state index contributed by atoms with van der Waals surface area (Å²) in [4.78, 5) is 48.7. The number of hydrogen-bond acceptors (Lipinski definition) is 8. The van der Waals surface area contributed by atoms with Crippen molar-refractivity contribution in [1.29, 1.82) is 0 Å². The molecule has 0 aliphatic carbocycles. The highest BCUT2D eigenvalue weighted by molar-refractivity contribution is 7.80. The molecule has 178 valence electrons. The zero-order chi connectivity index (χ0) is 24.3.